The Morgan fingerprint density at radius 3 is 2.70 bits per heavy atom. The van der Waals surface area contributed by atoms with Crippen LogP contribution in [0.2, 0.25) is 0 Å². The molecule has 106 valence electrons. The second-order valence-corrected chi connectivity index (χ2v) is 6.46. The highest BCUT2D eigenvalue weighted by molar-refractivity contribution is 5.33. The molecule has 20 heavy (non-hydrogen) atoms. The van der Waals surface area contributed by atoms with Gasteiger partial charge in [-0.3, -0.25) is 0 Å². The summed E-state index contributed by atoms with van der Waals surface area (Å²) in [5, 5.41) is 9.86. The molecule has 1 nitrogen and oxygen atoms in total. The van der Waals surface area contributed by atoms with Crippen LogP contribution in [0.25, 0.3) is 0 Å². The van der Waals surface area contributed by atoms with Crippen molar-refractivity contribution in [3.05, 3.63) is 47.5 Å². The molecule has 0 saturated heterocycles. The minimum Gasteiger partial charge on any atom is -0.389 e. The number of hydrogen-bond donors (Lipinski definition) is 1. The first-order valence-corrected chi connectivity index (χ1v) is 7.47. The molecule has 0 radical (unpaired) electrons. The van der Waals surface area contributed by atoms with Crippen molar-refractivity contribution in [2.75, 3.05) is 0 Å². The summed E-state index contributed by atoms with van der Waals surface area (Å²) in [5.41, 5.74) is 2.72. The van der Waals surface area contributed by atoms with Crippen molar-refractivity contribution in [2.24, 2.45) is 5.41 Å². The van der Waals surface area contributed by atoms with Gasteiger partial charge in [0.15, 0.2) is 0 Å². The van der Waals surface area contributed by atoms with Gasteiger partial charge in [0.2, 0.25) is 0 Å². The molecule has 1 unspecified atom stereocenters. The average molecular weight is 268 g/mol. The van der Waals surface area contributed by atoms with Gasteiger partial charge in [0.1, 0.15) is 0 Å². The van der Waals surface area contributed by atoms with Crippen LogP contribution in [0.4, 0.5) is 0 Å². The molecule has 2 rings (SSSR count). The fourth-order valence-electron chi connectivity index (χ4n) is 2.90. The molecule has 0 aromatic heterocycles. The van der Waals surface area contributed by atoms with Gasteiger partial charge in [0, 0.05) is 12.0 Å². The van der Waals surface area contributed by atoms with Gasteiger partial charge in [-0.1, -0.05) is 55.5 Å². The third-order valence-corrected chi connectivity index (χ3v) is 3.70. The predicted octanol–water partition coefficient (Wildman–Crippen LogP) is 4.32. The normalized spacial score (nSPS) is 20.8. The molecule has 0 heterocycles. The summed E-state index contributed by atoms with van der Waals surface area (Å²) in [6, 6.07) is 10.1. The molecule has 0 fully saturated rings. The Morgan fingerprint density at radius 1 is 1.25 bits per heavy atom. The minimum atomic E-state index is -0.260. The molecule has 0 bridgehead atoms. The second-order valence-electron chi connectivity index (χ2n) is 6.46. The lowest BCUT2D eigenvalue weighted by atomic mass is 9.75. The second kappa shape index (κ2) is 6.77. The molecule has 0 amide bonds. The molecular weight excluding hydrogens is 244 g/mol. The maximum Gasteiger partial charge on any atom is 0.0728 e. The summed E-state index contributed by atoms with van der Waals surface area (Å²) in [5.74, 6) is 6.42. The van der Waals surface area contributed by atoms with Gasteiger partial charge >= 0.3 is 0 Å². The zero-order valence-electron chi connectivity index (χ0n) is 12.5. The number of allylic oxidation sites excluding steroid dienone is 1. The quantitative estimate of drug-likeness (QED) is 0.492. The van der Waals surface area contributed by atoms with Crippen LogP contribution in [-0.2, 0) is 0 Å². The predicted molar refractivity (Wildman–Crippen MR) is 84.3 cm³/mol. The van der Waals surface area contributed by atoms with E-state index >= 15 is 0 Å². The molecular formula is C19H24O. The summed E-state index contributed by atoms with van der Waals surface area (Å²) in [7, 11) is 0. The molecule has 1 atom stereocenters. The summed E-state index contributed by atoms with van der Waals surface area (Å²) in [4.78, 5) is 0. The van der Waals surface area contributed by atoms with E-state index in [1.807, 2.05) is 30.3 Å². The van der Waals surface area contributed by atoms with E-state index in [-0.39, 0.29) is 11.5 Å². The first-order valence-electron chi connectivity index (χ1n) is 7.47. The van der Waals surface area contributed by atoms with Gasteiger partial charge in [-0.15, -0.1) is 0 Å². The van der Waals surface area contributed by atoms with Crippen molar-refractivity contribution in [2.45, 2.75) is 52.1 Å². The van der Waals surface area contributed by atoms with Crippen LogP contribution in [0.1, 0.15) is 51.5 Å². The van der Waals surface area contributed by atoms with Crippen molar-refractivity contribution >= 4 is 0 Å². The summed E-state index contributed by atoms with van der Waals surface area (Å²) in [6.07, 6.45) is 6.83. The Kier molecular flexibility index (Phi) is 5.04. The van der Waals surface area contributed by atoms with Crippen LogP contribution in [-0.4, -0.2) is 11.2 Å². The van der Waals surface area contributed by atoms with Gasteiger partial charge in [-0.2, -0.15) is 0 Å². The van der Waals surface area contributed by atoms with E-state index in [9.17, 15) is 5.11 Å². The maximum atomic E-state index is 9.86. The molecule has 1 aliphatic rings. The topological polar surface area (TPSA) is 20.2 Å². The van der Waals surface area contributed by atoms with E-state index in [0.29, 0.717) is 0 Å². The first-order chi connectivity index (χ1) is 9.55. The van der Waals surface area contributed by atoms with Gasteiger partial charge < -0.3 is 5.11 Å². The van der Waals surface area contributed by atoms with Crippen molar-refractivity contribution in [1.29, 1.82) is 0 Å². The van der Waals surface area contributed by atoms with Crippen LogP contribution in [0.15, 0.2) is 42.0 Å². The summed E-state index contributed by atoms with van der Waals surface area (Å²) < 4.78 is 0. The van der Waals surface area contributed by atoms with Crippen LogP contribution in [0.3, 0.4) is 0 Å². The van der Waals surface area contributed by atoms with Crippen LogP contribution in [0, 0.1) is 17.3 Å². The monoisotopic (exact) mass is 268 g/mol. The fourth-order valence-corrected chi connectivity index (χ4v) is 2.90. The molecule has 1 aromatic carbocycles. The Bertz CT molecular complexity index is 514. The lowest BCUT2D eigenvalue weighted by molar-refractivity contribution is 0.137. The van der Waals surface area contributed by atoms with Crippen LogP contribution < -0.4 is 0 Å². The van der Waals surface area contributed by atoms with E-state index in [2.05, 4.69) is 31.8 Å². The van der Waals surface area contributed by atoms with E-state index < -0.39 is 0 Å². The molecule has 1 aromatic rings. The van der Waals surface area contributed by atoms with E-state index in [1.165, 1.54) is 5.57 Å². The highest BCUT2D eigenvalue weighted by atomic mass is 16.3. The Hall–Kier alpha value is -1.52. The molecule has 0 saturated carbocycles. The average Bonchev–Trinajstić information content (AvgIpc) is 2.37. The van der Waals surface area contributed by atoms with Crippen molar-refractivity contribution in [3.8, 4) is 11.8 Å². The van der Waals surface area contributed by atoms with Gasteiger partial charge in [0.25, 0.3) is 0 Å². The summed E-state index contributed by atoms with van der Waals surface area (Å²) >= 11 is 0. The fraction of sp³-hybridized carbons (Fsp3) is 0.474. The zero-order chi connectivity index (χ0) is 14.4. The van der Waals surface area contributed by atoms with Crippen molar-refractivity contribution in [1.82, 2.24) is 0 Å². The summed E-state index contributed by atoms with van der Waals surface area (Å²) in [6.45, 7) is 4.47. The maximum absolute atomic E-state index is 9.86. The lowest BCUT2D eigenvalue weighted by Crippen LogP contribution is -2.24. The van der Waals surface area contributed by atoms with Crippen LogP contribution in [0.5, 0.6) is 0 Å². The number of rotatable bonds is 3. The number of aliphatic hydroxyl groups excluding tert-OH is 1. The molecule has 1 N–H and O–H groups in total. The Labute approximate surface area is 122 Å². The van der Waals surface area contributed by atoms with Crippen LogP contribution >= 0.6 is 0 Å². The smallest absolute Gasteiger partial charge is 0.0728 e. The highest BCUT2D eigenvalue weighted by Gasteiger charge is 2.26. The lowest BCUT2D eigenvalue weighted by Gasteiger charge is -2.32. The zero-order valence-corrected chi connectivity index (χ0v) is 12.5. The number of hydrogen-bond acceptors (Lipinski definition) is 1. The van der Waals surface area contributed by atoms with Gasteiger partial charge in [-0.25, -0.2) is 0 Å². The van der Waals surface area contributed by atoms with Gasteiger partial charge in [-0.05, 0) is 43.2 Å². The largest absolute Gasteiger partial charge is 0.389 e. The Balaban J connectivity index is 1.78. The van der Waals surface area contributed by atoms with E-state index in [0.717, 1.165) is 37.7 Å². The molecule has 0 spiro atoms. The SMILES string of the molecule is CC1(C)CC(CCCC#Cc2ccccc2)=CC(O)C1. The van der Waals surface area contributed by atoms with Gasteiger partial charge in [0.05, 0.1) is 6.10 Å². The highest BCUT2D eigenvalue weighted by Crippen LogP contribution is 2.36. The standard InChI is InChI=1S/C19H24O/c1-19(2)14-17(13-18(20)15-19)12-8-4-7-11-16-9-5-3-6-10-16/h3,5-6,9-10,13,18,20H,4,8,12,14-15H2,1-2H3. The van der Waals surface area contributed by atoms with Crippen molar-refractivity contribution in [3.63, 3.8) is 0 Å². The molecule has 1 aliphatic carbocycles. The Morgan fingerprint density at radius 2 is 2.00 bits per heavy atom. The third-order valence-electron chi connectivity index (χ3n) is 3.70. The molecule has 1 heteroatoms. The number of benzene rings is 1. The van der Waals surface area contributed by atoms with E-state index in [4.69, 9.17) is 0 Å². The third kappa shape index (κ3) is 4.87. The van der Waals surface area contributed by atoms with E-state index in [1.54, 1.807) is 0 Å². The van der Waals surface area contributed by atoms with Crippen molar-refractivity contribution < 1.29 is 5.11 Å². The first kappa shape index (κ1) is 14.9. The minimum absolute atomic E-state index is 0.235. The number of unbranched alkanes of at least 4 members (excludes halogenated alkanes) is 1. The molecule has 0 aliphatic heterocycles. The number of aliphatic hydroxyl groups is 1.